The number of nitrogens with one attached hydrogen (secondary N) is 2. The van der Waals surface area contributed by atoms with Gasteiger partial charge >= 0.3 is 0 Å². The maximum absolute atomic E-state index is 13.3. The SMILES string of the molecule is CC(C)(C)[Si](C)(C)CC(CCCCCNC(=O)CCC(=O)N(Cc1ccncc1)c1ccccc1)CCCCCC(=O)CCC(=O)NCC(c1ccccc1)c1ccccc1. The molecule has 61 heavy (non-hydrogen) atoms. The van der Waals surface area contributed by atoms with Gasteiger partial charge < -0.3 is 15.5 Å². The fourth-order valence-corrected chi connectivity index (χ4v) is 10.3. The molecule has 8 nitrogen and oxygen atoms in total. The molecule has 1 aromatic heterocycles. The summed E-state index contributed by atoms with van der Waals surface area (Å²) in [5.41, 5.74) is 4.11. The number of unbranched alkanes of at least 4 members (excludes halogenated alkanes) is 4. The fourth-order valence-electron chi connectivity index (χ4n) is 7.80. The minimum atomic E-state index is -1.47. The standard InChI is InChI=1S/C52H72N4O4Si/c1-52(2,3)61(4,5)41-43(21-11-6-19-29-47(57)30-31-50(59)55-39-48(44-23-13-7-14-24-44)45-25-15-8-16-26-45)22-12-10-20-36-54-49(58)32-33-51(60)56(46-27-17-9-18-28-46)40-42-34-37-53-38-35-42/h7-9,13-18,23-28,34-35,37-38,43,48H,6,10-12,19-22,29-33,36,39-41H2,1-5H3,(H,54,58)(H,55,59). The first-order valence-electron chi connectivity index (χ1n) is 22.7. The molecule has 9 heteroatoms. The molecule has 0 saturated carbocycles. The van der Waals surface area contributed by atoms with Crippen LogP contribution < -0.4 is 15.5 Å². The molecule has 0 radical (unpaired) electrons. The maximum Gasteiger partial charge on any atom is 0.227 e. The van der Waals surface area contributed by atoms with Gasteiger partial charge in [-0.05, 0) is 64.8 Å². The number of hydrogen-bond donors (Lipinski definition) is 2. The maximum atomic E-state index is 13.3. The van der Waals surface area contributed by atoms with E-state index >= 15 is 0 Å². The summed E-state index contributed by atoms with van der Waals surface area (Å²) in [7, 11) is -1.47. The van der Waals surface area contributed by atoms with Gasteiger partial charge in [0.15, 0.2) is 0 Å². The van der Waals surface area contributed by atoms with Crippen LogP contribution in [0.4, 0.5) is 5.69 Å². The van der Waals surface area contributed by atoms with Crippen LogP contribution in [0.25, 0.3) is 0 Å². The van der Waals surface area contributed by atoms with E-state index in [1.54, 1.807) is 17.3 Å². The van der Waals surface area contributed by atoms with Gasteiger partial charge in [0.2, 0.25) is 17.7 Å². The summed E-state index contributed by atoms with van der Waals surface area (Å²) >= 11 is 0. The summed E-state index contributed by atoms with van der Waals surface area (Å²) in [6.07, 6.45) is 13.3. The molecule has 4 aromatic rings. The van der Waals surface area contributed by atoms with Gasteiger partial charge in [0, 0.05) is 69.2 Å². The van der Waals surface area contributed by atoms with Gasteiger partial charge in [0.05, 0.1) is 14.6 Å². The molecule has 4 rings (SSSR count). The Hall–Kier alpha value is -4.89. The normalized spacial score (nSPS) is 12.2. The Labute approximate surface area is 367 Å². The predicted octanol–water partition coefficient (Wildman–Crippen LogP) is 11.4. The Kier molecular flexibility index (Phi) is 20.6. The highest BCUT2D eigenvalue weighted by molar-refractivity contribution is 6.80. The second-order valence-electron chi connectivity index (χ2n) is 18.4. The minimum absolute atomic E-state index is 0.0622. The van der Waals surface area contributed by atoms with E-state index in [1.807, 2.05) is 78.9 Å². The van der Waals surface area contributed by atoms with Crippen molar-refractivity contribution < 1.29 is 19.2 Å². The molecule has 328 valence electrons. The van der Waals surface area contributed by atoms with Gasteiger partial charge in [0.25, 0.3) is 0 Å². The highest BCUT2D eigenvalue weighted by Gasteiger charge is 2.36. The van der Waals surface area contributed by atoms with Gasteiger partial charge in [-0.25, -0.2) is 0 Å². The smallest absolute Gasteiger partial charge is 0.227 e. The molecule has 3 aromatic carbocycles. The van der Waals surface area contributed by atoms with Crippen molar-refractivity contribution in [1.29, 1.82) is 0 Å². The molecular weight excluding hydrogens is 773 g/mol. The first-order valence-corrected chi connectivity index (χ1v) is 25.9. The third-order valence-corrected chi connectivity index (χ3v) is 18.2. The lowest BCUT2D eigenvalue weighted by Crippen LogP contribution is -2.38. The molecule has 3 amide bonds. The molecule has 1 heterocycles. The number of benzene rings is 3. The number of nitrogens with zero attached hydrogens (tertiary/aromatic N) is 2. The summed E-state index contributed by atoms with van der Waals surface area (Å²) in [6, 6.07) is 35.1. The van der Waals surface area contributed by atoms with Crippen molar-refractivity contribution in [2.24, 2.45) is 5.92 Å². The molecule has 1 atom stereocenters. The largest absolute Gasteiger partial charge is 0.356 e. The highest BCUT2D eigenvalue weighted by Crippen LogP contribution is 2.42. The van der Waals surface area contributed by atoms with Crippen molar-refractivity contribution in [2.45, 2.75) is 141 Å². The summed E-state index contributed by atoms with van der Waals surface area (Å²) in [6.45, 7) is 13.8. The van der Waals surface area contributed by atoms with Crippen LogP contribution in [0.15, 0.2) is 116 Å². The zero-order valence-electron chi connectivity index (χ0n) is 37.7. The van der Waals surface area contributed by atoms with Gasteiger partial charge in [0.1, 0.15) is 5.78 Å². The third-order valence-electron chi connectivity index (χ3n) is 12.6. The molecule has 0 bridgehead atoms. The number of ketones is 1. The van der Waals surface area contributed by atoms with E-state index in [0.29, 0.717) is 43.4 Å². The van der Waals surface area contributed by atoms with Crippen LogP contribution in [0.5, 0.6) is 0 Å². The number of rotatable bonds is 27. The number of anilines is 1. The minimum Gasteiger partial charge on any atom is -0.356 e. The summed E-state index contributed by atoms with van der Waals surface area (Å²) in [5, 5.41) is 6.47. The van der Waals surface area contributed by atoms with Crippen molar-refractivity contribution in [3.8, 4) is 0 Å². The van der Waals surface area contributed by atoms with E-state index < -0.39 is 8.07 Å². The third kappa shape index (κ3) is 17.9. The second-order valence-corrected chi connectivity index (χ2v) is 24.1. The first kappa shape index (κ1) is 48.8. The molecule has 1 unspecified atom stereocenters. The number of hydrogen-bond acceptors (Lipinski definition) is 5. The van der Waals surface area contributed by atoms with Crippen molar-refractivity contribution in [2.75, 3.05) is 18.0 Å². The highest BCUT2D eigenvalue weighted by atomic mass is 28.3. The van der Waals surface area contributed by atoms with Crippen LogP contribution >= 0.6 is 0 Å². The van der Waals surface area contributed by atoms with E-state index in [1.165, 1.54) is 18.9 Å². The van der Waals surface area contributed by atoms with Crippen LogP contribution in [0.3, 0.4) is 0 Å². The van der Waals surface area contributed by atoms with Crippen LogP contribution in [0, 0.1) is 5.92 Å². The average Bonchev–Trinajstić information content (AvgIpc) is 3.26. The molecule has 0 saturated heterocycles. The first-order chi connectivity index (χ1) is 29.3. The number of para-hydroxylation sites is 1. The monoisotopic (exact) mass is 845 g/mol. The number of carbonyl (C=O) groups is 4. The molecule has 2 N–H and O–H groups in total. The van der Waals surface area contributed by atoms with E-state index in [-0.39, 0.29) is 48.7 Å². The van der Waals surface area contributed by atoms with Gasteiger partial charge in [-0.3, -0.25) is 24.2 Å². The Morgan fingerprint density at radius 2 is 1.16 bits per heavy atom. The summed E-state index contributed by atoms with van der Waals surface area (Å²) in [5.74, 6) is 0.660. The molecule has 0 aliphatic rings. The van der Waals surface area contributed by atoms with E-state index in [9.17, 15) is 19.2 Å². The van der Waals surface area contributed by atoms with Crippen LogP contribution in [0.1, 0.15) is 127 Å². The van der Waals surface area contributed by atoms with Crippen molar-refractivity contribution >= 4 is 37.3 Å². The molecule has 0 aliphatic heterocycles. The van der Waals surface area contributed by atoms with Crippen molar-refractivity contribution in [1.82, 2.24) is 15.6 Å². The molecule has 0 spiro atoms. The van der Waals surface area contributed by atoms with Crippen molar-refractivity contribution in [3.05, 3.63) is 132 Å². The number of carbonyl (C=O) groups excluding carboxylic acids is 4. The molecule has 0 fully saturated rings. The Morgan fingerprint density at radius 1 is 0.623 bits per heavy atom. The average molecular weight is 845 g/mol. The number of amides is 3. The van der Waals surface area contributed by atoms with Gasteiger partial charge in [-0.2, -0.15) is 0 Å². The van der Waals surface area contributed by atoms with Crippen LogP contribution in [-0.4, -0.2) is 49.7 Å². The number of aromatic nitrogens is 1. The second kappa shape index (κ2) is 25.8. The number of Topliss-reactive ketones (excluding diaryl/α,β-unsaturated/α-hetero) is 1. The lowest BCUT2D eigenvalue weighted by Gasteiger charge is -2.39. The Morgan fingerprint density at radius 3 is 1.75 bits per heavy atom. The lowest BCUT2D eigenvalue weighted by molar-refractivity contribution is -0.125. The lowest BCUT2D eigenvalue weighted by atomic mass is 9.91. The fraction of sp³-hybridized carbons (Fsp3) is 0.481. The van der Waals surface area contributed by atoms with Gasteiger partial charge in [-0.1, -0.05) is 157 Å². The van der Waals surface area contributed by atoms with E-state index in [0.717, 1.165) is 60.9 Å². The van der Waals surface area contributed by atoms with Gasteiger partial charge in [-0.15, -0.1) is 0 Å². The zero-order chi connectivity index (χ0) is 43.9. The summed E-state index contributed by atoms with van der Waals surface area (Å²) in [4.78, 5) is 57.4. The Bertz CT molecular complexity index is 1840. The quantitative estimate of drug-likeness (QED) is 0.0459. The summed E-state index contributed by atoms with van der Waals surface area (Å²) < 4.78 is 0. The topological polar surface area (TPSA) is 108 Å². The number of pyridine rings is 1. The van der Waals surface area contributed by atoms with E-state index in [4.69, 9.17) is 0 Å². The Balaban J connectivity index is 1.12. The van der Waals surface area contributed by atoms with Crippen LogP contribution in [-0.2, 0) is 25.7 Å². The predicted molar refractivity (Wildman–Crippen MR) is 253 cm³/mol. The van der Waals surface area contributed by atoms with Crippen molar-refractivity contribution in [3.63, 3.8) is 0 Å². The molecular formula is C52H72N4O4Si. The zero-order valence-corrected chi connectivity index (χ0v) is 38.7. The van der Waals surface area contributed by atoms with Crippen LogP contribution in [0.2, 0.25) is 24.2 Å². The van der Waals surface area contributed by atoms with E-state index in [2.05, 4.69) is 73.7 Å². The molecule has 0 aliphatic carbocycles.